The second kappa shape index (κ2) is 6.46. The van der Waals surface area contributed by atoms with Crippen LogP contribution in [-0.4, -0.2) is 25.7 Å². The number of nitrogens with one attached hydrogen (secondary N) is 1. The largest absolute Gasteiger partial charge is 0.366 e. The number of piperazine rings is 1. The number of nitrogens with zero attached hydrogens (tertiary/aromatic N) is 1. The molecule has 1 aliphatic rings. The minimum atomic E-state index is -0.209. The molecule has 0 aromatic heterocycles. The zero-order chi connectivity index (χ0) is 14.7. The van der Waals surface area contributed by atoms with E-state index in [0.29, 0.717) is 16.8 Å². The van der Waals surface area contributed by atoms with Crippen LogP contribution in [0.3, 0.4) is 0 Å². The van der Waals surface area contributed by atoms with Gasteiger partial charge in [-0.3, -0.25) is 0 Å². The predicted octanol–water partition coefficient (Wildman–Crippen LogP) is 3.50. The van der Waals surface area contributed by atoms with E-state index in [1.165, 1.54) is 11.6 Å². The first-order valence-corrected chi connectivity index (χ1v) is 7.57. The van der Waals surface area contributed by atoms with Gasteiger partial charge in [0.25, 0.3) is 0 Å². The van der Waals surface area contributed by atoms with Gasteiger partial charge in [-0.1, -0.05) is 41.9 Å². The quantitative estimate of drug-likeness (QED) is 0.933. The molecule has 1 atom stereocenters. The Hall–Kier alpha value is -1.58. The number of anilines is 1. The molecule has 1 heterocycles. The van der Waals surface area contributed by atoms with Gasteiger partial charge in [-0.2, -0.15) is 0 Å². The maximum absolute atomic E-state index is 14.0. The minimum absolute atomic E-state index is 0.209. The third-order valence-electron chi connectivity index (χ3n) is 3.83. The Morgan fingerprint density at radius 1 is 1.19 bits per heavy atom. The van der Waals surface area contributed by atoms with Gasteiger partial charge in [-0.05, 0) is 30.2 Å². The van der Waals surface area contributed by atoms with Crippen LogP contribution in [0.4, 0.5) is 10.1 Å². The van der Waals surface area contributed by atoms with Crippen LogP contribution in [0.15, 0.2) is 48.5 Å². The summed E-state index contributed by atoms with van der Waals surface area (Å²) >= 11 is 5.99. The Balaban J connectivity index is 1.72. The highest BCUT2D eigenvalue weighted by molar-refractivity contribution is 6.30. The summed E-state index contributed by atoms with van der Waals surface area (Å²) in [5.41, 5.74) is 1.89. The van der Waals surface area contributed by atoms with E-state index >= 15 is 0 Å². The average Bonchev–Trinajstić information content (AvgIpc) is 2.51. The van der Waals surface area contributed by atoms with Crippen LogP contribution in [-0.2, 0) is 6.42 Å². The van der Waals surface area contributed by atoms with Crippen LogP contribution >= 0.6 is 11.6 Å². The molecule has 2 aromatic rings. The van der Waals surface area contributed by atoms with E-state index in [9.17, 15) is 4.39 Å². The molecule has 2 aromatic carbocycles. The van der Waals surface area contributed by atoms with Gasteiger partial charge >= 0.3 is 0 Å². The zero-order valence-electron chi connectivity index (χ0n) is 11.7. The Kier molecular flexibility index (Phi) is 4.42. The molecule has 0 amide bonds. The topological polar surface area (TPSA) is 15.3 Å². The van der Waals surface area contributed by atoms with Crippen molar-refractivity contribution in [2.45, 2.75) is 12.5 Å². The lowest BCUT2D eigenvalue weighted by molar-refractivity contribution is 0.450. The highest BCUT2D eigenvalue weighted by Crippen LogP contribution is 2.25. The highest BCUT2D eigenvalue weighted by Gasteiger charge is 2.21. The summed E-state index contributed by atoms with van der Waals surface area (Å²) in [5.74, 6) is -0.209. The monoisotopic (exact) mass is 304 g/mol. The van der Waals surface area contributed by atoms with Gasteiger partial charge in [-0.15, -0.1) is 0 Å². The summed E-state index contributed by atoms with van der Waals surface area (Å²) < 4.78 is 14.0. The fraction of sp³-hybridized carbons (Fsp3) is 0.294. The van der Waals surface area contributed by atoms with Gasteiger partial charge in [0.2, 0.25) is 0 Å². The van der Waals surface area contributed by atoms with Gasteiger partial charge in [0.1, 0.15) is 5.82 Å². The van der Waals surface area contributed by atoms with E-state index in [0.717, 1.165) is 26.1 Å². The van der Waals surface area contributed by atoms with Crippen LogP contribution in [0.5, 0.6) is 0 Å². The molecule has 21 heavy (non-hydrogen) atoms. The lowest BCUT2D eigenvalue weighted by atomic mass is 10.0. The molecule has 4 heteroatoms. The molecule has 0 radical (unpaired) electrons. The van der Waals surface area contributed by atoms with Crippen molar-refractivity contribution in [2.24, 2.45) is 0 Å². The number of benzene rings is 2. The Morgan fingerprint density at radius 3 is 2.81 bits per heavy atom. The summed E-state index contributed by atoms with van der Waals surface area (Å²) in [5, 5.41) is 4.08. The molecule has 0 aliphatic carbocycles. The standard InChI is InChI=1S/C17H18ClFN2/c18-14-6-7-16(19)17(11-14)21-9-8-20-15(12-21)10-13-4-2-1-3-5-13/h1-7,11,15,20H,8-10,12H2. The van der Waals surface area contributed by atoms with E-state index in [1.54, 1.807) is 12.1 Å². The average molecular weight is 305 g/mol. The Bertz CT molecular complexity index is 603. The third-order valence-corrected chi connectivity index (χ3v) is 4.06. The molecule has 1 N–H and O–H groups in total. The first-order valence-electron chi connectivity index (χ1n) is 7.20. The normalized spacial score (nSPS) is 18.8. The molecule has 2 nitrogen and oxygen atoms in total. The number of hydrogen-bond donors (Lipinski definition) is 1. The fourth-order valence-electron chi connectivity index (χ4n) is 2.81. The van der Waals surface area contributed by atoms with Crippen molar-refractivity contribution in [3.63, 3.8) is 0 Å². The molecule has 0 spiro atoms. The Labute approximate surface area is 129 Å². The van der Waals surface area contributed by atoms with Crippen molar-refractivity contribution >= 4 is 17.3 Å². The summed E-state index contributed by atoms with van der Waals surface area (Å²) in [6.45, 7) is 2.43. The summed E-state index contributed by atoms with van der Waals surface area (Å²) in [4.78, 5) is 2.07. The lowest BCUT2D eigenvalue weighted by Crippen LogP contribution is -2.51. The lowest BCUT2D eigenvalue weighted by Gasteiger charge is -2.35. The summed E-state index contributed by atoms with van der Waals surface area (Å²) in [6.07, 6.45) is 0.944. The van der Waals surface area contributed by atoms with Gasteiger partial charge in [-0.25, -0.2) is 4.39 Å². The van der Waals surface area contributed by atoms with Crippen molar-refractivity contribution in [3.8, 4) is 0 Å². The van der Waals surface area contributed by atoms with E-state index in [1.807, 2.05) is 18.2 Å². The molecule has 110 valence electrons. The number of hydrogen-bond acceptors (Lipinski definition) is 2. The molecule has 1 aliphatic heterocycles. The second-order valence-electron chi connectivity index (χ2n) is 5.38. The van der Waals surface area contributed by atoms with Crippen LogP contribution in [0.1, 0.15) is 5.56 Å². The smallest absolute Gasteiger partial charge is 0.146 e. The van der Waals surface area contributed by atoms with Gasteiger partial charge in [0.15, 0.2) is 0 Å². The fourth-order valence-corrected chi connectivity index (χ4v) is 2.97. The molecular formula is C17H18ClFN2. The van der Waals surface area contributed by atoms with Crippen LogP contribution in [0, 0.1) is 5.82 Å². The van der Waals surface area contributed by atoms with Crippen molar-refractivity contribution in [3.05, 3.63) is 64.9 Å². The van der Waals surface area contributed by atoms with Gasteiger partial charge in [0, 0.05) is 30.7 Å². The van der Waals surface area contributed by atoms with E-state index in [-0.39, 0.29) is 5.82 Å². The van der Waals surface area contributed by atoms with E-state index in [4.69, 9.17) is 11.6 Å². The van der Waals surface area contributed by atoms with Crippen molar-refractivity contribution in [1.82, 2.24) is 5.32 Å². The SMILES string of the molecule is Fc1ccc(Cl)cc1N1CCNC(Cc2ccccc2)C1. The minimum Gasteiger partial charge on any atom is -0.366 e. The molecule has 1 fully saturated rings. The summed E-state index contributed by atoms with van der Waals surface area (Å²) in [7, 11) is 0. The zero-order valence-corrected chi connectivity index (χ0v) is 12.5. The number of rotatable bonds is 3. The first kappa shape index (κ1) is 14.4. The summed E-state index contributed by atoms with van der Waals surface area (Å²) in [6, 6.07) is 15.4. The van der Waals surface area contributed by atoms with Crippen molar-refractivity contribution in [2.75, 3.05) is 24.5 Å². The maximum Gasteiger partial charge on any atom is 0.146 e. The molecule has 0 saturated carbocycles. The van der Waals surface area contributed by atoms with Crippen molar-refractivity contribution < 1.29 is 4.39 Å². The molecule has 1 unspecified atom stereocenters. The molecule has 3 rings (SSSR count). The van der Waals surface area contributed by atoms with Crippen molar-refractivity contribution in [1.29, 1.82) is 0 Å². The Morgan fingerprint density at radius 2 is 2.00 bits per heavy atom. The number of halogens is 2. The van der Waals surface area contributed by atoms with E-state index in [2.05, 4.69) is 22.3 Å². The van der Waals surface area contributed by atoms with Gasteiger partial charge < -0.3 is 10.2 Å². The van der Waals surface area contributed by atoms with Crippen LogP contribution in [0.2, 0.25) is 5.02 Å². The van der Waals surface area contributed by atoms with Crippen LogP contribution in [0.25, 0.3) is 0 Å². The third kappa shape index (κ3) is 3.55. The highest BCUT2D eigenvalue weighted by atomic mass is 35.5. The van der Waals surface area contributed by atoms with Gasteiger partial charge in [0.05, 0.1) is 5.69 Å². The molecule has 1 saturated heterocycles. The molecular weight excluding hydrogens is 287 g/mol. The maximum atomic E-state index is 14.0. The first-order chi connectivity index (χ1) is 10.2. The predicted molar refractivity (Wildman–Crippen MR) is 85.6 cm³/mol. The van der Waals surface area contributed by atoms with Crippen LogP contribution < -0.4 is 10.2 Å². The second-order valence-corrected chi connectivity index (χ2v) is 5.82. The molecule has 0 bridgehead atoms. The van der Waals surface area contributed by atoms with E-state index < -0.39 is 0 Å².